The molecule has 0 spiro atoms. The van der Waals surface area contributed by atoms with Gasteiger partial charge in [-0.25, -0.2) is 0 Å². The van der Waals surface area contributed by atoms with Crippen LogP contribution in [0.3, 0.4) is 0 Å². The van der Waals surface area contributed by atoms with Crippen LogP contribution in [0.1, 0.15) is 54.8 Å². The average molecular weight is 280 g/mol. The Kier molecular flexibility index (Phi) is 4.23. The van der Waals surface area contributed by atoms with Crippen molar-refractivity contribution >= 4 is 11.9 Å². The summed E-state index contributed by atoms with van der Waals surface area (Å²) in [7, 11) is 0. The fourth-order valence-electron chi connectivity index (χ4n) is 3.21. The van der Waals surface area contributed by atoms with E-state index in [9.17, 15) is 0 Å². The van der Waals surface area contributed by atoms with E-state index < -0.39 is 0 Å². The molecule has 0 bridgehead atoms. The number of nitrogens with zero attached hydrogens (tertiary/aromatic N) is 2. The molecule has 0 aliphatic heterocycles. The van der Waals surface area contributed by atoms with Crippen molar-refractivity contribution in [2.45, 2.75) is 52.0 Å². The lowest BCUT2D eigenvalue weighted by Gasteiger charge is -2.23. The van der Waals surface area contributed by atoms with E-state index in [4.69, 9.17) is 0 Å². The topological polar surface area (TPSA) is 17.3 Å². The predicted molar refractivity (Wildman–Crippen MR) is 89.7 cm³/mol. The summed E-state index contributed by atoms with van der Waals surface area (Å²) in [5.41, 5.74) is 4.78. The normalized spacial score (nSPS) is 16.7. The van der Waals surface area contributed by atoms with Crippen molar-refractivity contribution in [1.29, 1.82) is 0 Å². The standard InChI is InChI=1S/C19H24N2/c1-15-8-9-19(16(2)12-15)20-13-17-10-11-21(14-17)18-6-4-3-5-7-18/h8-14,18H,3-7H2,1-2H3. The Morgan fingerprint density at radius 3 is 2.67 bits per heavy atom. The lowest BCUT2D eigenvalue weighted by atomic mass is 9.95. The van der Waals surface area contributed by atoms with Gasteiger partial charge >= 0.3 is 0 Å². The minimum Gasteiger partial charge on any atom is -0.351 e. The summed E-state index contributed by atoms with van der Waals surface area (Å²) < 4.78 is 2.38. The van der Waals surface area contributed by atoms with E-state index in [1.165, 1.54) is 48.8 Å². The fraction of sp³-hybridized carbons (Fsp3) is 0.421. The summed E-state index contributed by atoms with van der Waals surface area (Å²) in [4.78, 5) is 4.64. The van der Waals surface area contributed by atoms with Gasteiger partial charge in [-0.3, -0.25) is 4.99 Å². The Bertz CT molecular complexity index is 631. The van der Waals surface area contributed by atoms with Gasteiger partial charge in [0.25, 0.3) is 0 Å². The zero-order valence-corrected chi connectivity index (χ0v) is 13.0. The lowest BCUT2D eigenvalue weighted by Crippen LogP contribution is -2.10. The molecule has 0 amide bonds. The average Bonchev–Trinajstić information content (AvgIpc) is 2.96. The molecule has 0 N–H and O–H groups in total. The van der Waals surface area contributed by atoms with Crippen LogP contribution in [0.2, 0.25) is 0 Å². The highest BCUT2D eigenvalue weighted by Crippen LogP contribution is 2.28. The number of aromatic nitrogens is 1. The first-order chi connectivity index (χ1) is 10.2. The van der Waals surface area contributed by atoms with E-state index in [1.807, 2.05) is 6.21 Å². The van der Waals surface area contributed by atoms with E-state index in [0.717, 1.165) is 5.69 Å². The first-order valence-electron chi connectivity index (χ1n) is 8.01. The van der Waals surface area contributed by atoms with Crippen molar-refractivity contribution in [3.63, 3.8) is 0 Å². The van der Waals surface area contributed by atoms with Crippen LogP contribution < -0.4 is 0 Å². The van der Waals surface area contributed by atoms with Crippen LogP contribution in [0.15, 0.2) is 41.7 Å². The first kappa shape index (κ1) is 14.1. The van der Waals surface area contributed by atoms with Gasteiger partial charge in [0.05, 0.1) is 5.69 Å². The molecular formula is C19H24N2. The summed E-state index contributed by atoms with van der Waals surface area (Å²) >= 11 is 0. The van der Waals surface area contributed by atoms with Gasteiger partial charge in [0.1, 0.15) is 0 Å². The van der Waals surface area contributed by atoms with E-state index in [0.29, 0.717) is 6.04 Å². The number of rotatable bonds is 3. The van der Waals surface area contributed by atoms with Crippen molar-refractivity contribution in [2.75, 3.05) is 0 Å². The number of aryl methyl sites for hydroxylation is 2. The smallest absolute Gasteiger partial charge is 0.0659 e. The molecule has 2 aromatic rings. The molecule has 21 heavy (non-hydrogen) atoms. The summed E-state index contributed by atoms with van der Waals surface area (Å²) in [5, 5.41) is 0. The Hall–Kier alpha value is -1.83. The van der Waals surface area contributed by atoms with Gasteiger partial charge < -0.3 is 4.57 Å². The minimum atomic E-state index is 0.696. The number of hydrogen-bond donors (Lipinski definition) is 0. The van der Waals surface area contributed by atoms with Gasteiger partial charge in [-0.15, -0.1) is 0 Å². The number of aliphatic imine (C=N–C) groups is 1. The van der Waals surface area contributed by atoms with E-state index in [2.05, 4.69) is 60.1 Å². The summed E-state index contributed by atoms with van der Waals surface area (Å²) in [5.74, 6) is 0. The monoisotopic (exact) mass is 280 g/mol. The molecule has 1 fully saturated rings. The fourth-order valence-corrected chi connectivity index (χ4v) is 3.21. The molecule has 1 aliphatic rings. The molecule has 1 aliphatic carbocycles. The molecule has 1 aromatic heterocycles. The molecule has 1 heterocycles. The quantitative estimate of drug-likeness (QED) is 0.673. The van der Waals surface area contributed by atoms with Crippen LogP contribution in [0.5, 0.6) is 0 Å². The van der Waals surface area contributed by atoms with E-state index >= 15 is 0 Å². The van der Waals surface area contributed by atoms with Gasteiger partial charge in [-0.2, -0.15) is 0 Å². The van der Waals surface area contributed by atoms with Crippen LogP contribution >= 0.6 is 0 Å². The Morgan fingerprint density at radius 1 is 1.10 bits per heavy atom. The molecular weight excluding hydrogens is 256 g/mol. The molecule has 1 aromatic carbocycles. The molecule has 0 atom stereocenters. The molecule has 1 saturated carbocycles. The van der Waals surface area contributed by atoms with Gasteiger partial charge in [0.15, 0.2) is 0 Å². The second-order valence-electron chi connectivity index (χ2n) is 6.23. The van der Waals surface area contributed by atoms with Crippen molar-refractivity contribution in [2.24, 2.45) is 4.99 Å². The molecule has 2 nitrogen and oxygen atoms in total. The van der Waals surface area contributed by atoms with Crippen LogP contribution in [0.4, 0.5) is 5.69 Å². The Morgan fingerprint density at radius 2 is 1.90 bits per heavy atom. The molecule has 0 unspecified atom stereocenters. The SMILES string of the molecule is Cc1ccc(N=Cc2ccn(C3CCCCC3)c2)c(C)c1. The van der Waals surface area contributed by atoms with Crippen molar-refractivity contribution < 1.29 is 0 Å². The zero-order chi connectivity index (χ0) is 14.7. The Labute approximate surface area is 127 Å². The van der Waals surface area contributed by atoms with Crippen molar-refractivity contribution in [1.82, 2.24) is 4.57 Å². The van der Waals surface area contributed by atoms with Gasteiger partial charge in [0, 0.05) is 30.2 Å². The predicted octanol–water partition coefficient (Wildman–Crippen LogP) is 5.36. The largest absolute Gasteiger partial charge is 0.351 e. The minimum absolute atomic E-state index is 0.696. The molecule has 0 radical (unpaired) electrons. The molecule has 0 saturated heterocycles. The van der Waals surface area contributed by atoms with Gasteiger partial charge in [0.2, 0.25) is 0 Å². The second kappa shape index (κ2) is 6.30. The first-order valence-corrected chi connectivity index (χ1v) is 8.01. The maximum atomic E-state index is 4.64. The number of hydrogen-bond acceptors (Lipinski definition) is 1. The van der Waals surface area contributed by atoms with Gasteiger partial charge in [-0.05, 0) is 44.4 Å². The van der Waals surface area contributed by atoms with Crippen molar-refractivity contribution in [3.8, 4) is 0 Å². The molecule has 3 rings (SSSR count). The van der Waals surface area contributed by atoms with E-state index in [-0.39, 0.29) is 0 Å². The van der Waals surface area contributed by atoms with Gasteiger partial charge in [-0.1, -0.05) is 37.0 Å². The maximum absolute atomic E-state index is 4.64. The molecule has 110 valence electrons. The van der Waals surface area contributed by atoms with E-state index in [1.54, 1.807) is 0 Å². The number of benzene rings is 1. The highest BCUT2D eigenvalue weighted by Gasteiger charge is 2.14. The third-order valence-electron chi connectivity index (χ3n) is 4.44. The second-order valence-corrected chi connectivity index (χ2v) is 6.23. The highest BCUT2D eigenvalue weighted by molar-refractivity contribution is 5.82. The van der Waals surface area contributed by atoms with Crippen LogP contribution in [-0.2, 0) is 0 Å². The summed E-state index contributed by atoms with van der Waals surface area (Å²) in [6, 6.07) is 9.26. The third kappa shape index (κ3) is 3.44. The zero-order valence-electron chi connectivity index (χ0n) is 13.0. The molecule has 2 heteroatoms. The lowest BCUT2D eigenvalue weighted by molar-refractivity contribution is 0.354. The van der Waals surface area contributed by atoms with Crippen LogP contribution in [-0.4, -0.2) is 10.8 Å². The van der Waals surface area contributed by atoms with Crippen LogP contribution in [0, 0.1) is 13.8 Å². The van der Waals surface area contributed by atoms with Crippen LogP contribution in [0.25, 0.3) is 0 Å². The van der Waals surface area contributed by atoms with Crippen molar-refractivity contribution in [3.05, 3.63) is 53.3 Å². The maximum Gasteiger partial charge on any atom is 0.0659 e. The Balaban J connectivity index is 1.72. The highest BCUT2D eigenvalue weighted by atomic mass is 15.0. The third-order valence-corrected chi connectivity index (χ3v) is 4.44. The summed E-state index contributed by atoms with van der Waals surface area (Å²) in [6.07, 6.45) is 13.2. The summed E-state index contributed by atoms with van der Waals surface area (Å²) in [6.45, 7) is 4.23.